The van der Waals surface area contributed by atoms with Crippen molar-refractivity contribution >= 4 is 0 Å². The Balaban J connectivity index is 3.01. The lowest BCUT2D eigenvalue weighted by molar-refractivity contribution is -0.0363. The van der Waals surface area contributed by atoms with Crippen molar-refractivity contribution in [2.24, 2.45) is 5.41 Å². The number of likely N-dealkylation sites (N-methyl/N-ethyl adjacent to an activating group) is 1. The summed E-state index contributed by atoms with van der Waals surface area (Å²) in [5, 5.41) is 3.53. The van der Waals surface area contributed by atoms with E-state index in [0.717, 1.165) is 13.2 Å². The first-order chi connectivity index (χ1) is 8.50. The molecule has 0 fully saturated rings. The molecule has 0 saturated heterocycles. The zero-order chi connectivity index (χ0) is 13.6. The standard InChI is InChI=1S/C15H26N2O/c1-6-17-13(12-9-8-10-16-11-12)14(18-7-2)15(3,4)5/h8-11,13-14,17H,6-7H2,1-5H3. The highest BCUT2D eigenvalue weighted by Crippen LogP contribution is 2.32. The molecule has 1 rings (SSSR count). The number of ether oxygens (including phenoxy) is 1. The highest BCUT2D eigenvalue weighted by atomic mass is 16.5. The van der Waals surface area contributed by atoms with Crippen LogP contribution in [0.1, 0.15) is 46.2 Å². The van der Waals surface area contributed by atoms with E-state index in [4.69, 9.17) is 4.74 Å². The second kappa shape index (κ2) is 6.86. The van der Waals surface area contributed by atoms with Crippen LogP contribution in [0.2, 0.25) is 0 Å². The molecule has 0 amide bonds. The quantitative estimate of drug-likeness (QED) is 0.842. The molecule has 0 aliphatic rings. The summed E-state index contributed by atoms with van der Waals surface area (Å²) in [5.41, 5.74) is 1.27. The van der Waals surface area contributed by atoms with Gasteiger partial charge in [0, 0.05) is 19.0 Å². The highest BCUT2D eigenvalue weighted by Gasteiger charge is 2.33. The van der Waals surface area contributed by atoms with E-state index in [1.165, 1.54) is 5.56 Å². The SMILES string of the molecule is CCNC(c1cccnc1)C(OCC)C(C)(C)C. The second-order valence-corrected chi connectivity index (χ2v) is 5.56. The molecule has 0 saturated carbocycles. The summed E-state index contributed by atoms with van der Waals surface area (Å²) in [7, 11) is 0. The lowest BCUT2D eigenvalue weighted by Gasteiger charge is -2.37. The van der Waals surface area contributed by atoms with Gasteiger partial charge in [-0.1, -0.05) is 33.8 Å². The fourth-order valence-electron chi connectivity index (χ4n) is 2.21. The van der Waals surface area contributed by atoms with Crippen molar-refractivity contribution in [3.63, 3.8) is 0 Å². The zero-order valence-electron chi connectivity index (χ0n) is 12.2. The van der Waals surface area contributed by atoms with Crippen LogP contribution in [0.4, 0.5) is 0 Å². The van der Waals surface area contributed by atoms with Gasteiger partial charge in [0.1, 0.15) is 0 Å². The molecular formula is C15H26N2O. The van der Waals surface area contributed by atoms with Gasteiger partial charge in [-0.2, -0.15) is 0 Å². The minimum Gasteiger partial charge on any atom is -0.376 e. The summed E-state index contributed by atoms with van der Waals surface area (Å²) in [5.74, 6) is 0. The predicted octanol–water partition coefficient (Wildman–Crippen LogP) is 3.18. The summed E-state index contributed by atoms with van der Waals surface area (Å²) < 4.78 is 5.99. The molecule has 0 aromatic carbocycles. The fraction of sp³-hybridized carbons (Fsp3) is 0.667. The van der Waals surface area contributed by atoms with Gasteiger partial charge in [0.15, 0.2) is 0 Å². The number of aromatic nitrogens is 1. The molecule has 2 unspecified atom stereocenters. The van der Waals surface area contributed by atoms with E-state index in [0.29, 0.717) is 0 Å². The van der Waals surface area contributed by atoms with Gasteiger partial charge >= 0.3 is 0 Å². The first-order valence-corrected chi connectivity index (χ1v) is 6.75. The van der Waals surface area contributed by atoms with Crippen LogP contribution < -0.4 is 5.32 Å². The Bertz CT molecular complexity index is 332. The molecule has 0 bridgehead atoms. The molecule has 1 N–H and O–H groups in total. The third-order valence-corrected chi connectivity index (χ3v) is 2.97. The highest BCUT2D eigenvalue weighted by molar-refractivity contribution is 5.16. The molecule has 2 atom stereocenters. The normalized spacial score (nSPS) is 15.4. The average Bonchev–Trinajstić information content (AvgIpc) is 2.33. The summed E-state index contributed by atoms with van der Waals surface area (Å²) in [6.07, 6.45) is 3.86. The molecule has 102 valence electrons. The Kier molecular flexibility index (Phi) is 5.76. The number of hydrogen-bond acceptors (Lipinski definition) is 3. The van der Waals surface area contributed by atoms with Gasteiger partial charge in [0.2, 0.25) is 0 Å². The van der Waals surface area contributed by atoms with E-state index in [1.807, 2.05) is 19.2 Å². The van der Waals surface area contributed by atoms with E-state index >= 15 is 0 Å². The van der Waals surface area contributed by atoms with Crippen molar-refractivity contribution in [2.75, 3.05) is 13.2 Å². The number of rotatable bonds is 6. The van der Waals surface area contributed by atoms with Crippen LogP contribution in [0.15, 0.2) is 24.5 Å². The Morgan fingerprint density at radius 2 is 2.06 bits per heavy atom. The first kappa shape index (κ1) is 15.1. The van der Waals surface area contributed by atoms with Crippen molar-refractivity contribution in [1.82, 2.24) is 10.3 Å². The van der Waals surface area contributed by atoms with Crippen LogP contribution in [-0.4, -0.2) is 24.2 Å². The minimum absolute atomic E-state index is 0.0820. The largest absolute Gasteiger partial charge is 0.376 e. The van der Waals surface area contributed by atoms with E-state index in [-0.39, 0.29) is 17.6 Å². The van der Waals surface area contributed by atoms with Crippen LogP contribution in [0.5, 0.6) is 0 Å². The van der Waals surface area contributed by atoms with Gasteiger partial charge in [0.05, 0.1) is 12.1 Å². The molecule has 3 nitrogen and oxygen atoms in total. The molecular weight excluding hydrogens is 224 g/mol. The first-order valence-electron chi connectivity index (χ1n) is 6.75. The van der Waals surface area contributed by atoms with Crippen molar-refractivity contribution in [3.05, 3.63) is 30.1 Å². The van der Waals surface area contributed by atoms with Crippen LogP contribution in [0.25, 0.3) is 0 Å². The summed E-state index contributed by atoms with van der Waals surface area (Å²) in [6, 6.07) is 4.27. The summed E-state index contributed by atoms with van der Waals surface area (Å²) in [6.45, 7) is 12.5. The molecule has 1 heterocycles. The molecule has 18 heavy (non-hydrogen) atoms. The lowest BCUT2D eigenvalue weighted by Crippen LogP contribution is -2.42. The Hall–Kier alpha value is -0.930. The number of pyridine rings is 1. The smallest absolute Gasteiger partial charge is 0.0818 e. The van der Waals surface area contributed by atoms with Crippen molar-refractivity contribution in [2.45, 2.75) is 46.8 Å². The van der Waals surface area contributed by atoms with Crippen molar-refractivity contribution in [3.8, 4) is 0 Å². The molecule has 0 aliphatic heterocycles. The topological polar surface area (TPSA) is 34.2 Å². The Morgan fingerprint density at radius 3 is 2.50 bits per heavy atom. The summed E-state index contributed by atoms with van der Waals surface area (Å²) in [4.78, 5) is 4.22. The molecule has 0 spiro atoms. The Morgan fingerprint density at radius 1 is 1.33 bits per heavy atom. The van der Waals surface area contributed by atoms with E-state index in [1.54, 1.807) is 6.20 Å². The van der Waals surface area contributed by atoms with Gasteiger partial charge < -0.3 is 10.1 Å². The molecule has 1 aromatic rings. The zero-order valence-corrected chi connectivity index (χ0v) is 12.2. The van der Waals surface area contributed by atoms with E-state index in [9.17, 15) is 0 Å². The van der Waals surface area contributed by atoms with E-state index in [2.05, 4.69) is 44.1 Å². The maximum atomic E-state index is 5.99. The Labute approximate surface area is 111 Å². The van der Waals surface area contributed by atoms with Crippen LogP contribution in [0.3, 0.4) is 0 Å². The second-order valence-electron chi connectivity index (χ2n) is 5.56. The molecule has 3 heteroatoms. The third-order valence-electron chi connectivity index (χ3n) is 2.97. The van der Waals surface area contributed by atoms with Crippen LogP contribution in [0, 0.1) is 5.41 Å². The van der Waals surface area contributed by atoms with Crippen LogP contribution in [-0.2, 0) is 4.74 Å². The lowest BCUT2D eigenvalue weighted by atomic mass is 9.82. The monoisotopic (exact) mass is 250 g/mol. The number of nitrogens with zero attached hydrogens (tertiary/aromatic N) is 1. The third kappa shape index (κ3) is 4.07. The van der Waals surface area contributed by atoms with Gasteiger partial charge in [0.25, 0.3) is 0 Å². The molecule has 1 aromatic heterocycles. The van der Waals surface area contributed by atoms with Gasteiger partial charge in [-0.25, -0.2) is 0 Å². The van der Waals surface area contributed by atoms with Gasteiger partial charge in [-0.3, -0.25) is 4.98 Å². The number of nitrogens with one attached hydrogen (secondary N) is 1. The summed E-state index contributed by atoms with van der Waals surface area (Å²) >= 11 is 0. The van der Waals surface area contributed by atoms with Crippen LogP contribution >= 0.6 is 0 Å². The van der Waals surface area contributed by atoms with E-state index < -0.39 is 0 Å². The fourth-order valence-corrected chi connectivity index (χ4v) is 2.21. The molecule has 0 radical (unpaired) electrons. The average molecular weight is 250 g/mol. The maximum absolute atomic E-state index is 5.99. The molecule has 0 aliphatic carbocycles. The predicted molar refractivity (Wildman–Crippen MR) is 75.5 cm³/mol. The van der Waals surface area contributed by atoms with Crippen molar-refractivity contribution < 1.29 is 4.74 Å². The minimum atomic E-state index is 0.0820. The number of hydrogen-bond donors (Lipinski definition) is 1. The van der Waals surface area contributed by atoms with Crippen molar-refractivity contribution in [1.29, 1.82) is 0 Å². The maximum Gasteiger partial charge on any atom is 0.0818 e. The van der Waals surface area contributed by atoms with Gasteiger partial charge in [-0.05, 0) is 30.5 Å². The van der Waals surface area contributed by atoms with Gasteiger partial charge in [-0.15, -0.1) is 0 Å².